The standard InChI is InChI=1S/C26H50NO3/c1-5-9-12-15-18-21-24(28)27(8-4,25(29)22-19-16-13-10-6-2)26(30)23-20-17-14-11-7-3/h5-23H2,1-4H3/q+1. The summed E-state index contributed by atoms with van der Waals surface area (Å²) in [5.74, 6) is -0.483. The Morgan fingerprint density at radius 3 is 0.933 bits per heavy atom. The van der Waals surface area contributed by atoms with Crippen molar-refractivity contribution in [2.75, 3.05) is 6.54 Å². The van der Waals surface area contributed by atoms with Crippen LogP contribution in [0, 0.1) is 0 Å². The molecule has 0 saturated heterocycles. The lowest BCUT2D eigenvalue weighted by atomic mass is 10.0. The first kappa shape index (κ1) is 29.0. The van der Waals surface area contributed by atoms with Crippen LogP contribution in [0.2, 0.25) is 0 Å². The SMILES string of the molecule is CCCCCCCC(=O)[N+](CC)(C(=O)CCCCCCC)C(=O)CCCCCCC. The molecule has 0 rings (SSSR count). The third-order valence-corrected chi connectivity index (χ3v) is 6.23. The van der Waals surface area contributed by atoms with Gasteiger partial charge in [0.25, 0.3) is 0 Å². The van der Waals surface area contributed by atoms with Gasteiger partial charge in [-0.3, -0.25) is 0 Å². The molecule has 0 aromatic rings. The smallest absolute Gasteiger partial charge is 0.230 e. The summed E-state index contributed by atoms with van der Waals surface area (Å²) in [7, 11) is 0. The maximum Gasteiger partial charge on any atom is 0.328 e. The molecule has 0 spiro atoms. The number of amides is 3. The van der Waals surface area contributed by atoms with Gasteiger partial charge in [-0.25, -0.2) is 14.4 Å². The average molecular weight is 425 g/mol. The molecule has 0 N–H and O–H groups in total. The lowest BCUT2D eigenvalue weighted by Gasteiger charge is -2.30. The summed E-state index contributed by atoms with van der Waals surface area (Å²) in [4.78, 5) is 39.6. The van der Waals surface area contributed by atoms with Gasteiger partial charge in [0.15, 0.2) is 0 Å². The van der Waals surface area contributed by atoms with Gasteiger partial charge in [0.05, 0.1) is 25.8 Å². The van der Waals surface area contributed by atoms with E-state index in [0.717, 1.165) is 77.0 Å². The molecule has 0 aliphatic heterocycles. The highest BCUT2D eigenvalue weighted by molar-refractivity contribution is 5.97. The molecule has 0 radical (unpaired) electrons. The second-order valence-electron chi connectivity index (χ2n) is 8.80. The van der Waals surface area contributed by atoms with Crippen molar-refractivity contribution in [1.82, 2.24) is 0 Å². The van der Waals surface area contributed by atoms with Gasteiger partial charge in [0, 0.05) is 0 Å². The van der Waals surface area contributed by atoms with E-state index in [0.29, 0.717) is 19.3 Å². The molecular formula is C26H50NO3+. The molecule has 0 unspecified atom stereocenters. The van der Waals surface area contributed by atoms with Crippen LogP contribution in [0.25, 0.3) is 0 Å². The monoisotopic (exact) mass is 424 g/mol. The van der Waals surface area contributed by atoms with E-state index >= 15 is 0 Å². The fourth-order valence-corrected chi connectivity index (χ4v) is 4.16. The summed E-state index contributed by atoms with van der Waals surface area (Å²) >= 11 is 0. The Hall–Kier alpha value is -1.03. The predicted octanol–water partition coefficient (Wildman–Crippen LogP) is 7.48. The Balaban J connectivity index is 5.05. The van der Waals surface area contributed by atoms with Crippen LogP contribution < -0.4 is 0 Å². The Morgan fingerprint density at radius 2 is 0.700 bits per heavy atom. The van der Waals surface area contributed by atoms with Crippen LogP contribution in [0.1, 0.15) is 143 Å². The summed E-state index contributed by atoms with van der Waals surface area (Å²) in [6.45, 7) is 8.61. The molecule has 0 aromatic heterocycles. The van der Waals surface area contributed by atoms with Crippen LogP contribution in [0.5, 0.6) is 0 Å². The molecule has 0 aliphatic carbocycles. The summed E-state index contributed by atoms with van der Waals surface area (Å²) in [5, 5.41) is 0. The van der Waals surface area contributed by atoms with Crippen molar-refractivity contribution >= 4 is 17.7 Å². The number of carbonyl (C=O) groups is 3. The van der Waals surface area contributed by atoms with Crippen molar-refractivity contribution in [3.8, 4) is 0 Å². The zero-order chi connectivity index (χ0) is 22.7. The van der Waals surface area contributed by atoms with E-state index in [1.165, 1.54) is 19.3 Å². The normalized spacial score (nSPS) is 11.6. The zero-order valence-corrected chi connectivity index (χ0v) is 20.6. The highest BCUT2D eigenvalue weighted by atomic mass is 16.2. The summed E-state index contributed by atoms with van der Waals surface area (Å²) in [6, 6.07) is 0. The van der Waals surface area contributed by atoms with E-state index in [2.05, 4.69) is 20.8 Å². The summed E-state index contributed by atoms with van der Waals surface area (Å²) < 4.78 is -0.532. The molecule has 3 amide bonds. The van der Waals surface area contributed by atoms with Crippen LogP contribution in [-0.2, 0) is 14.4 Å². The van der Waals surface area contributed by atoms with Crippen molar-refractivity contribution in [2.24, 2.45) is 0 Å². The van der Waals surface area contributed by atoms with Gasteiger partial charge in [-0.05, 0) is 26.2 Å². The van der Waals surface area contributed by atoms with Crippen LogP contribution in [-0.4, -0.2) is 28.7 Å². The minimum Gasteiger partial charge on any atom is -0.230 e. The molecule has 0 fully saturated rings. The third kappa shape index (κ3) is 10.8. The maximum absolute atomic E-state index is 13.2. The minimum atomic E-state index is -0.532. The van der Waals surface area contributed by atoms with Gasteiger partial charge >= 0.3 is 17.7 Å². The molecule has 30 heavy (non-hydrogen) atoms. The number of hydrogen-bond acceptors (Lipinski definition) is 3. The Bertz CT molecular complexity index is 408. The van der Waals surface area contributed by atoms with Crippen molar-refractivity contribution < 1.29 is 18.9 Å². The Kier molecular flexibility index (Phi) is 18.1. The fourth-order valence-electron chi connectivity index (χ4n) is 4.16. The lowest BCUT2D eigenvalue weighted by Crippen LogP contribution is -2.60. The number of hydrogen-bond donors (Lipinski definition) is 0. The van der Waals surface area contributed by atoms with Crippen molar-refractivity contribution in [3.05, 3.63) is 0 Å². The zero-order valence-electron chi connectivity index (χ0n) is 20.6. The first-order valence-electron chi connectivity index (χ1n) is 13.0. The molecule has 176 valence electrons. The first-order chi connectivity index (χ1) is 14.5. The molecular weight excluding hydrogens is 374 g/mol. The van der Waals surface area contributed by atoms with Crippen LogP contribution in [0.15, 0.2) is 0 Å². The van der Waals surface area contributed by atoms with E-state index in [4.69, 9.17) is 0 Å². The first-order valence-corrected chi connectivity index (χ1v) is 13.0. The summed E-state index contributed by atoms with van der Waals surface area (Å²) in [5.41, 5.74) is 0. The van der Waals surface area contributed by atoms with Crippen LogP contribution in [0.4, 0.5) is 0 Å². The molecule has 4 nitrogen and oxygen atoms in total. The second-order valence-corrected chi connectivity index (χ2v) is 8.80. The largest absolute Gasteiger partial charge is 0.328 e. The van der Waals surface area contributed by atoms with Crippen LogP contribution >= 0.6 is 0 Å². The molecule has 0 aromatic carbocycles. The number of quaternary nitrogens is 1. The number of nitrogens with zero attached hydrogens (tertiary/aromatic N) is 1. The van der Waals surface area contributed by atoms with Gasteiger partial charge in [0.2, 0.25) is 0 Å². The molecule has 0 heterocycles. The van der Waals surface area contributed by atoms with E-state index in [1.54, 1.807) is 0 Å². The van der Waals surface area contributed by atoms with Gasteiger partial charge in [0.1, 0.15) is 0 Å². The molecule has 4 heteroatoms. The van der Waals surface area contributed by atoms with Crippen molar-refractivity contribution in [1.29, 1.82) is 0 Å². The molecule has 0 aliphatic rings. The minimum absolute atomic E-state index is 0.161. The second kappa shape index (κ2) is 18.7. The molecule has 0 saturated carbocycles. The van der Waals surface area contributed by atoms with Crippen molar-refractivity contribution in [3.63, 3.8) is 0 Å². The van der Waals surface area contributed by atoms with Crippen molar-refractivity contribution in [2.45, 2.75) is 143 Å². The molecule has 0 atom stereocenters. The lowest BCUT2D eigenvalue weighted by molar-refractivity contribution is -0.702. The quantitative estimate of drug-likeness (QED) is 0.159. The Labute approximate surface area is 186 Å². The Morgan fingerprint density at radius 1 is 0.433 bits per heavy atom. The van der Waals surface area contributed by atoms with E-state index in [1.807, 2.05) is 6.92 Å². The summed E-state index contributed by atoms with van der Waals surface area (Å²) in [6.07, 6.45) is 16.8. The predicted molar refractivity (Wildman–Crippen MR) is 126 cm³/mol. The van der Waals surface area contributed by atoms with Gasteiger partial charge in [-0.1, -0.05) is 97.8 Å². The topological polar surface area (TPSA) is 51.2 Å². The fraction of sp³-hybridized carbons (Fsp3) is 0.885. The number of imide groups is 3. The average Bonchev–Trinajstić information content (AvgIpc) is 2.74. The van der Waals surface area contributed by atoms with Crippen LogP contribution in [0.3, 0.4) is 0 Å². The maximum atomic E-state index is 13.2. The van der Waals surface area contributed by atoms with Gasteiger partial charge in [-0.15, -0.1) is 4.48 Å². The molecule has 0 bridgehead atoms. The van der Waals surface area contributed by atoms with E-state index in [9.17, 15) is 14.4 Å². The van der Waals surface area contributed by atoms with Gasteiger partial charge < -0.3 is 0 Å². The third-order valence-electron chi connectivity index (χ3n) is 6.23. The number of rotatable bonds is 19. The highest BCUT2D eigenvalue weighted by Gasteiger charge is 2.48. The van der Waals surface area contributed by atoms with Gasteiger partial charge in [-0.2, -0.15) is 0 Å². The highest BCUT2D eigenvalue weighted by Crippen LogP contribution is 2.22. The number of carbonyl (C=O) groups excluding carboxylic acids is 3. The van der Waals surface area contributed by atoms with E-state index < -0.39 is 4.48 Å². The van der Waals surface area contributed by atoms with E-state index in [-0.39, 0.29) is 24.3 Å². The number of unbranched alkanes of at least 4 members (excludes halogenated alkanes) is 12.